The molecule has 0 bridgehead atoms. The van der Waals surface area contributed by atoms with Gasteiger partial charge in [-0.2, -0.15) is 0 Å². The molecule has 0 spiro atoms. The first kappa shape index (κ1) is 15.3. The Morgan fingerprint density at radius 2 is 2.05 bits per heavy atom. The van der Waals surface area contributed by atoms with Crippen LogP contribution in [-0.4, -0.2) is 25.2 Å². The number of halogens is 2. The quantitative estimate of drug-likeness (QED) is 0.797. The van der Waals surface area contributed by atoms with Crippen molar-refractivity contribution in [1.29, 1.82) is 0 Å². The van der Waals surface area contributed by atoms with Crippen LogP contribution in [0.2, 0.25) is 0 Å². The third-order valence-electron chi connectivity index (χ3n) is 2.75. The zero-order chi connectivity index (χ0) is 15.1. The molecular weight excluding hydrogens is 278 g/mol. The van der Waals surface area contributed by atoms with Crippen molar-refractivity contribution in [2.75, 3.05) is 20.3 Å². The second-order valence-electron chi connectivity index (χ2n) is 4.32. The molecule has 0 radical (unpaired) electrons. The number of pyridine rings is 1. The van der Waals surface area contributed by atoms with Crippen molar-refractivity contribution in [2.45, 2.75) is 6.54 Å². The van der Waals surface area contributed by atoms with Crippen LogP contribution in [0.5, 0.6) is 11.6 Å². The van der Waals surface area contributed by atoms with E-state index >= 15 is 0 Å². The first-order valence-electron chi connectivity index (χ1n) is 6.47. The lowest BCUT2D eigenvalue weighted by Gasteiger charge is -2.10. The maximum absolute atomic E-state index is 13.2. The molecule has 2 aromatic rings. The summed E-state index contributed by atoms with van der Waals surface area (Å²) in [5.41, 5.74) is 0.818. The summed E-state index contributed by atoms with van der Waals surface area (Å²) in [7, 11) is 1.63. The van der Waals surface area contributed by atoms with E-state index < -0.39 is 11.6 Å². The lowest BCUT2D eigenvalue weighted by atomic mass is 10.2. The van der Waals surface area contributed by atoms with E-state index in [0.29, 0.717) is 25.6 Å². The van der Waals surface area contributed by atoms with Crippen LogP contribution in [-0.2, 0) is 11.3 Å². The van der Waals surface area contributed by atoms with Crippen LogP contribution in [0.3, 0.4) is 0 Å². The van der Waals surface area contributed by atoms with Crippen LogP contribution in [0, 0.1) is 11.6 Å². The maximum atomic E-state index is 13.2. The Balaban J connectivity index is 2.06. The third kappa shape index (κ3) is 4.47. The summed E-state index contributed by atoms with van der Waals surface area (Å²) in [6.07, 6.45) is 1.58. The number of hydrogen-bond acceptors (Lipinski definition) is 4. The van der Waals surface area contributed by atoms with Gasteiger partial charge in [-0.3, -0.25) is 0 Å². The van der Waals surface area contributed by atoms with Gasteiger partial charge in [0.15, 0.2) is 11.6 Å². The predicted molar refractivity (Wildman–Crippen MR) is 74.3 cm³/mol. The summed E-state index contributed by atoms with van der Waals surface area (Å²) in [4.78, 5) is 4.12. The van der Waals surface area contributed by atoms with Crippen LogP contribution in [0.1, 0.15) is 5.56 Å². The van der Waals surface area contributed by atoms with E-state index in [1.54, 1.807) is 19.4 Å². The van der Waals surface area contributed by atoms with Gasteiger partial charge in [0.1, 0.15) is 5.75 Å². The predicted octanol–water partition coefficient (Wildman–Crippen LogP) is 2.89. The second kappa shape index (κ2) is 7.66. The Hall–Kier alpha value is -2.05. The molecular formula is C15H16F2N2O2. The molecule has 4 nitrogen and oxygen atoms in total. The number of aromatic nitrogens is 1. The molecule has 21 heavy (non-hydrogen) atoms. The third-order valence-corrected chi connectivity index (χ3v) is 2.75. The van der Waals surface area contributed by atoms with E-state index in [-0.39, 0.29) is 5.75 Å². The van der Waals surface area contributed by atoms with Crippen LogP contribution in [0.25, 0.3) is 0 Å². The van der Waals surface area contributed by atoms with Crippen molar-refractivity contribution in [3.05, 3.63) is 53.7 Å². The minimum atomic E-state index is -0.955. The van der Waals surface area contributed by atoms with Crippen LogP contribution in [0.15, 0.2) is 36.5 Å². The highest BCUT2D eigenvalue weighted by Gasteiger charge is 2.08. The Kier molecular flexibility index (Phi) is 5.59. The highest BCUT2D eigenvalue weighted by molar-refractivity contribution is 5.32. The van der Waals surface area contributed by atoms with Crippen molar-refractivity contribution in [3.8, 4) is 11.6 Å². The summed E-state index contributed by atoms with van der Waals surface area (Å²) < 4.78 is 36.5. The SMILES string of the molecule is COCCNCc1cccnc1Oc1ccc(F)c(F)c1. The van der Waals surface area contributed by atoms with Gasteiger partial charge >= 0.3 is 0 Å². The molecule has 1 aromatic heterocycles. The van der Waals surface area contributed by atoms with Crippen molar-refractivity contribution < 1.29 is 18.3 Å². The Morgan fingerprint density at radius 1 is 1.19 bits per heavy atom. The molecule has 0 unspecified atom stereocenters. The maximum Gasteiger partial charge on any atom is 0.223 e. The fourth-order valence-electron chi connectivity index (χ4n) is 1.70. The largest absolute Gasteiger partial charge is 0.439 e. The molecule has 6 heteroatoms. The van der Waals surface area contributed by atoms with E-state index in [0.717, 1.165) is 17.7 Å². The normalized spacial score (nSPS) is 10.6. The van der Waals surface area contributed by atoms with Gasteiger partial charge in [0.25, 0.3) is 0 Å². The van der Waals surface area contributed by atoms with E-state index in [9.17, 15) is 8.78 Å². The summed E-state index contributed by atoms with van der Waals surface area (Å²) in [5, 5.41) is 3.17. The second-order valence-corrected chi connectivity index (χ2v) is 4.32. The summed E-state index contributed by atoms with van der Waals surface area (Å²) in [5.74, 6) is -1.31. The number of ether oxygens (including phenoxy) is 2. The lowest BCUT2D eigenvalue weighted by Crippen LogP contribution is -2.19. The minimum absolute atomic E-state index is 0.200. The monoisotopic (exact) mass is 294 g/mol. The summed E-state index contributed by atoms with van der Waals surface area (Å²) >= 11 is 0. The number of methoxy groups -OCH3 is 1. The van der Waals surface area contributed by atoms with Gasteiger partial charge in [-0.15, -0.1) is 0 Å². The molecule has 1 N–H and O–H groups in total. The molecule has 0 saturated carbocycles. The minimum Gasteiger partial charge on any atom is -0.439 e. The molecule has 0 aliphatic carbocycles. The van der Waals surface area contributed by atoms with E-state index in [2.05, 4.69) is 10.3 Å². The molecule has 1 aromatic carbocycles. The average molecular weight is 294 g/mol. The Morgan fingerprint density at radius 3 is 2.81 bits per heavy atom. The Bertz CT molecular complexity index is 594. The lowest BCUT2D eigenvalue weighted by molar-refractivity contribution is 0.199. The highest BCUT2D eigenvalue weighted by atomic mass is 19.2. The van der Waals surface area contributed by atoms with Crippen LogP contribution < -0.4 is 10.1 Å². The number of rotatable bonds is 7. The molecule has 0 aliphatic rings. The summed E-state index contributed by atoms with van der Waals surface area (Å²) in [6, 6.07) is 7.00. The molecule has 0 aliphatic heterocycles. The van der Waals surface area contributed by atoms with Crippen molar-refractivity contribution in [3.63, 3.8) is 0 Å². The Labute approximate surface area is 121 Å². The number of nitrogens with one attached hydrogen (secondary N) is 1. The standard InChI is InChI=1S/C15H16F2N2O2/c1-20-8-7-18-10-11-3-2-6-19-15(11)21-12-4-5-13(16)14(17)9-12/h2-6,9,18H,7-8,10H2,1H3. The average Bonchev–Trinajstić information content (AvgIpc) is 2.49. The van der Waals surface area contributed by atoms with Crippen LogP contribution in [0.4, 0.5) is 8.78 Å². The highest BCUT2D eigenvalue weighted by Crippen LogP contribution is 2.24. The van der Waals surface area contributed by atoms with Crippen molar-refractivity contribution in [1.82, 2.24) is 10.3 Å². The topological polar surface area (TPSA) is 43.4 Å². The van der Waals surface area contributed by atoms with Gasteiger partial charge in [0.05, 0.1) is 6.61 Å². The number of hydrogen-bond donors (Lipinski definition) is 1. The zero-order valence-corrected chi connectivity index (χ0v) is 11.6. The van der Waals surface area contributed by atoms with Gasteiger partial charge in [0.2, 0.25) is 5.88 Å². The van der Waals surface area contributed by atoms with Gasteiger partial charge in [0, 0.05) is 38.0 Å². The molecule has 1 heterocycles. The molecule has 2 rings (SSSR count). The van der Waals surface area contributed by atoms with E-state index in [4.69, 9.17) is 9.47 Å². The fraction of sp³-hybridized carbons (Fsp3) is 0.267. The van der Waals surface area contributed by atoms with Gasteiger partial charge < -0.3 is 14.8 Å². The fourth-order valence-corrected chi connectivity index (χ4v) is 1.70. The molecule has 0 amide bonds. The van der Waals surface area contributed by atoms with E-state index in [1.807, 2.05) is 6.07 Å². The smallest absolute Gasteiger partial charge is 0.223 e. The van der Waals surface area contributed by atoms with Crippen molar-refractivity contribution >= 4 is 0 Å². The van der Waals surface area contributed by atoms with Gasteiger partial charge in [-0.25, -0.2) is 13.8 Å². The molecule has 0 saturated heterocycles. The molecule has 112 valence electrons. The zero-order valence-electron chi connectivity index (χ0n) is 11.6. The van der Waals surface area contributed by atoms with Crippen molar-refractivity contribution in [2.24, 2.45) is 0 Å². The van der Waals surface area contributed by atoms with Gasteiger partial charge in [-0.05, 0) is 18.2 Å². The van der Waals surface area contributed by atoms with E-state index in [1.165, 1.54) is 6.07 Å². The van der Waals surface area contributed by atoms with Crippen LogP contribution >= 0.6 is 0 Å². The number of nitrogens with zero attached hydrogens (tertiary/aromatic N) is 1. The first-order chi connectivity index (χ1) is 10.2. The number of benzene rings is 1. The first-order valence-corrected chi connectivity index (χ1v) is 6.47. The summed E-state index contributed by atoms with van der Waals surface area (Å²) in [6.45, 7) is 1.83. The van der Waals surface area contributed by atoms with Gasteiger partial charge in [-0.1, -0.05) is 6.07 Å². The molecule has 0 fully saturated rings. The molecule has 0 atom stereocenters.